The Morgan fingerprint density at radius 3 is 2.76 bits per heavy atom. The minimum Gasteiger partial charge on any atom is -0.360 e. The van der Waals surface area contributed by atoms with Crippen LogP contribution < -0.4 is 5.43 Å². The number of hydrogen-bond donors (Lipinski definition) is 2. The van der Waals surface area contributed by atoms with Crippen molar-refractivity contribution in [1.82, 2.24) is 10.4 Å². The highest BCUT2D eigenvalue weighted by Crippen LogP contribution is 2.25. The lowest BCUT2D eigenvalue weighted by molar-refractivity contribution is 0.628. The summed E-state index contributed by atoms with van der Waals surface area (Å²) in [5.74, 6) is 0.468. The van der Waals surface area contributed by atoms with Crippen LogP contribution in [0.1, 0.15) is 18.1 Å². The number of hydrazone groups is 1. The van der Waals surface area contributed by atoms with Crippen molar-refractivity contribution in [2.24, 2.45) is 10.1 Å². The number of aryl methyl sites for hydroxylation is 1. The molecule has 1 aliphatic rings. The van der Waals surface area contributed by atoms with Crippen molar-refractivity contribution < 1.29 is 4.39 Å². The molecule has 0 radical (unpaired) electrons. The van der Waals surface area contributed by atoms with Crippen molar-refractivity contribution >= 4 is 39.2 Å². The van der Waals surface area contributed by atoms with Crippen LogP contribution >= 0.6 is 11.8 Å². The first-order valence-corrected chi connectivity index (χ1v) is 9.12. The average Bonchev–Trinajstić information content (AvgIpc) is 3.08. The van der Waals surface area contributed by atoms with E-state index < -0.39 is 0 Å². The van der Waals surface area contributed by atoms with Gasteiger partial charge in [-0.3, -0.25) is 5.43 Å². The van der Waals surface area contributed by atoms with Crippen molar-refractivity contribution in [2.45, 2.75) is 13.3 Å². The molecule has 3 aromatic rings. The minimum atomic E-state index is -0.265. The Morgan fingerprint density at radius 1 is 1.20 bits per heavy atom. The van der Waals surface area contributed by atoms with Crippen LogP contribution in [0.5, 0.6) is 0 Å². The van der Waals surface area contributed by atoms with Crippen LogP contribution in [-0.2, 0) is 6.42 Å². The molecule has 0 unspecified atom stereocenters. The Hall–Kier alpha value is -2.60. The van der Waals surface area contributed by atoms with Gasteiger partial charge in [0.15, 0.2) is 5.17 Å². The van der Waals surface area contributed by atoms with Crippen LogP contribution in [0.25, 0.3) is 10.9 Å². The fourth-order valence-electron chi connectivity index (χ4n) is 2.90. The highest BCUT2D eigenvalue weighted by atomic mass is 32.2. The fraction of sp³-hybridized carbons (Fsp3) is 0.158. The van der Waals surface area contributed by atoms with E-state index in [0.717, 1.165) is 23.4 Å². The molecule has 1 aliphatic heterocycles. The zero-order chi connectivity index (χ0) is 17.2. The molecule has 0 saturated carbocycles. The number of thioether (sulfide) groups is 1. The van der Waals surface area contributed by atoms with Crippen molar-refractivity contribution in [3.63, 3.8) is 0 Å². The first-order valence-electron chi connectivity index (χ1n) is 8.13. The predicted molar refractivity (Wildman–Crippen MR) is 103 cm³/mol. The summed E-state index contributed by atoms with van der Waals surface area (Å²) >= 11 is 1.59. The van der Waals surface area contributed by atoms with Crippen LogP contribution in [0.15, 0.2) is 58.8 Å². The quantitative estimate of drug-likeness (QED) is 0.724. The smallest absolute Gasteiger partial charge is 0.182 e. The zero-order valence-electron chi connectivity index (χ0n) is 13.7. The van der Waals surface area contributed by atoms with E-state index in [1.54, 1.807) is 23.9 Å². The summed E-state index contributed by atoms with van der Waals surface area (Å²) in [7, 11) is 0. The Bertz CT molecular complexity index is 973. The number of halogens is 1. The largest absolute Gasteiger partial charge is 0.360 e. The number of aliphatic imine (C=N–C) groups is 1. The Morgan fingerprint density at radius 2 is 2.04 bits per heavy atom. The van der Waals surface area contributed by atoms with E-state index in [9.17, 15) is 4.39 Å². The van der Waals surface area contributed by atoms with Gasteiger partial charge in [-0.1, -0.05) is 36.9 Å². The third-order valence-electron chi connectivity index (χ3n) is 4.18. The summed E-state index contributed by atoms with van der Waals surface area (Å²) < 4.78 is 13.0. The van der Waals surface area contributed by atoms with E-state index in [0.29, 0.717) is 10.9 Å². The van der Waals surface area contributed by atoms with E-state index in [-0.39, 0.29) is 5.82 Å². The highest BCUT2D eigenvalue weighted by molar-refractivity contribution is 8.14. The van der Waals surface area contributed by atoms with Crippen LogP contribution in [0, 0.1) is 5.82 Å². The molecule has 1 aromatic heterocycles. The number of rotatable bonds is 3. The molecule has 4 nitrogen and oxygen atoms in total. The Balaban J connectivity index is 1.60. The zero-order valence-corrected chi connectivity index (χ0v) is 14.5. The number of aromatic nitrogens is 1. The first-order chi connectivity index (χ1) is 12.2. The molecular weight excluding hydrogens is 335 g/mol. The van der Waals surface area contributed by atoms with Gasteiger partial charge in [0.2, 0.25) is 0 Å². The summed E-state index contributed by atoms with van der Waals surface area (Å²) in [6.07, 6.45) is 3.01. The fourth-order valence-corrected chi connectivity index (χ4v) is 3.67. The van der Waals surface area contributed by atoms with E-state index in [2.05, 4.69) is 45.6 Å². The normalized spacial score (nSPS) is 16.1. The topological polar surface area (TPSA) is 52.5 Å². The molecule has 126 valence electrons. The summed E-state index contributed by atoms with van der Waals surface area (Å²) in [6, 6.07) is 12.5. The molecule has 0 bridgehead atoms. The van der Waals surface area contributed by atoms with Gasteiger partial charge in [0, 0.05) is 28.4 Å². The number of benzene rings is 2. The molecule has 0 saturated heterocycles. The second-order valence-electron chi connectivity index (χ2n) is 5.75. The monoisotopic (exact) mass is 352 g/mol. The number of aromatic amines is 1. The molecule has 0 fully saturated rings. The van der Waals surface area contributed by atoms with Crippen LogP contribution in [-0.4, -0.2) is 21.6 Å². The van der Waals surface area contributed by atoms with Gasteiger partial charge in [0.1, 0.15) is 5.82 Å². The number of hydrogen-bond acceptors (Lipinski definition) is 3. The third-order valence-corrected chi connectivity index (χ3v) is 5.06. The maximum atomic E-state index is 13.0. The van der Waals surface area contributed by atoms with Gasteiger partial charge in [-0.2, -0.15) is 5.10 Å². The molecule has 0 spiro atoms. The van der Waals surface area contributed by atoms with Gasteiger partial charge < -0.3 is 4.98 Å². The van der Waals surface area contributed by atoms with Crippen LogP contribution in [0.2, 0.25) is 0 Å². The number of nitrogens with zero attached hydrogens (tertiary/aromatic N) is 2. The molecule has 4 rings (SSSR count). The third kappa shape index (κ3) is 3.17. The average molecular weight is 352 g/mol. The number of amidine groups is 1. The summed E-state index contributed by atoms with van der Waals surface area (Å²) in [5, 5.41) is 6.40. The number of H-pyrrole nitrogens is 1. The van der Waals surface area contributed by atoms with Crippen molar-refractivity contribution in [3.05, 3.63) is 65.6 Å². The van der Waals surface area contributed by atoms with E-state index in [1.165, 1.54) is 28.6 Å². The Kier molecular flexibility index (Phi) is 4.28. The van der Waals surface area contributed by atoms with Crippen LogP contribution in [0.3, 0.4) is 0 Å². The summed E-state index contributed by atoms with van der Waals surface area (Å²) in [5.41, 5.74) is 8.30. The Labute approximate surface area is 149 Å². The second kappa shape index (κ2) is 6.72. The minimum absolute atomic E-state index is 0.265. The van der Waals surface area contributed by atoms with Gasteiger partial charge in [-0.25, -0.2) is 9.38 Å². The molecule has 25 heavy (non-hydrogen) atoms. The molecule has 6 heteroatoms. The number of fused-ring (bicyclic) bond motifs is 1. The van der Waals surface area contributed by atoms with Gasteiger partial charge in [0.25, 0.3) is 0 Å². The number of nitrogens with one attached hydrogen (secondary N) is 2. The lowest BCUT2D eigenvalue weighted by atomic mass is 10.1. The summed E-state index contributed by atoms with van der Waals surface area (Å²) in [4.78, 5) is 7.83. The lowest BCUT2D eigenvalue weighted by Crippen LogP contribution is -2.25. The molecule has 0 amide bonds. The maximum absolute atomic E-state index is 13.0. The van der Waals surface area contributed by atoms with E-state index in [4.69, 9.17) is 0 Å². The highest BCUT2D eigenvalue weighted by Gasteiger charge is 2.17. The van der Waals surface area contributed by atoms with E-state index >= 15 is 0 Å². The van der Waals surface area contributed by atoms with Crippen molar-refractivity contribution in [2.75, 3.05) is 5.75 Å². The molecule has 2 N–H and O–H groups in total. The second-order valence-corrected chi connectivity index (χ2v) is 6.71. The van der Waals surface area contributed by atoms with Crippen molar-refractivity contribution in [3.8, 4) is 0 Å². The predicted octanol–water partition coefficient (Wildman–Crippen LogP) is 4.60. The van der Waals surface area contributed by atoms with Crippen LogP contribution in [0.4, 0.5) is 10.1 Å². The number of para-hydroxylation sites is 1. The molecular formula is C19H17FN4S. The summed E-state index contributed by atoms with van der Waals surface area (Å²) in [6.45, 7) is 2.16. The molecule has 2 heterocycles. The maximum Gasteiger partial charge on any atom is 0.182 e. The molecule has 2 aromatic carbocycles. The first kappa shape index (κ1) is 15.9. The van der Waals surface area contributed by atoms with Gasteiger partial charge in [-0.05, 0) is 36.2 Å². The lowest BCUT2D eigenvalue weighted by Gasteiger charge is -2.14. The molecule has 0 atom stereocenters. The van der Waals surface area contributed by atoms with E-state index in [1.807, 2.05) is 6.20 Å². The molecule has 0 aliphatic carbocycles. The van der Waals surface area contributed by atoms with Gasteiger partial charge >= 0.3 is 0 Å². The standard InChI is InChI=1S/C19H17FN4S/c1-2-12-4-3-5-15-16(10-21-18(12)15)17-11-25-19(24-23-17)22-14-8-6-13(20)7-9-14/h3-10,21H,2,11H2,1H3,(H,22,24). The SMILES string of the molecule is CCc1cccc2c(C3=NNC(=Nc4ccc(F)cc4)SC3)c[nH]c12. The van der Waals surface area contributed by atoms with Crippen molar-refractivity contribution in [1.29, 1.82) is 0 Å². The van der Waals surface area contributed by atoms with Gasteiger partial charge in [-0.15, -0.1) is 0 Å². The van der Waals surface area contributed by atoms with Gasteiger partial charge in [0.05, 0.1) is 11.4 Å².